The van der Waals surface area contributed by atoms with Crippen LogP contribution in [0.25, 0.3) is 0 Å². The summed E-state index contributed by atoms with van der Waals surface area (Å²) in [6.45, 7) is 0.753. The van der Waals surface area contributed by atoms with Crippen LogP contribution in [-0.2, 0) is 25.5 Å². The lowest BCUT2D eigenvalue weighted by molar-refractivity contribution is -0.124. The number of morpholine rings is 1. The number of para-hydroxylation sites is 1. The van der Waals surface area contributed by atoms with Gasteiger partial charge in [-0.05, 0) is 35.6 Å². The van der Waals surface area contributed by atoms with Crippen molar-refractivity contribution in [2.75, 3.05) is 25.6 Å². The van der Waals surface area contributed by atoms with Gasteiger partial charge >= 0.3 is 6.09 Å². The summed E-state index contributed by atoms with van der Waals surface area (Å²) in [4.78, 5) is 37.6. The minimum Gasteiger partial charge on any atom is -0.453 e. The van der Waals surface area contributed by atoms with E-state index in [9.17, 15) is 14.4 Å². The van der Waals surface area contributed by atoms with Gasteiger partial charge in [-0.25, -0.2) is 4.79 Å². The van der Waals surface area contributed by atoms with Crippen LogP contribution in [0.5, 0.6) is 0 Å². The van der Waals surface area contributed by atoms with Gasteiger partial charge < -0.3 is 31.2 Å². The van der Waals surface area contributed by atoms with Crippen molar-refractivity contribution in [3.63, 3.8) is 0 Å². The zero-order chi connectivity index (χ0) is 27.6. The van der Waals surface area contributed by atoms with Crippen LogP contribution in [0, 0.1) is 0 Å². The molecule has 204 valence electrons. The number of rotatable bonds is 10. The molecule has 0 spiro atoms. The molecule has 1 heterocycles. The lowest BCUT2D eigenvalue weighted by Gasteiger charge is -2.29. The SMILES string of the molecule is COC(=O)N[C@H](C(=O)Nc1ccccc1CC[C@@H]1CN[C@@H](C(N)=O)CO1)C(c1ccccc1)c1ccccc1. The first kappa shape index (κ1) is 27.8. The minimum absolute atomic E-state index is 0.0846. The Bertz CT molecular complexity index is 1210. The molecule has 3 aromatic carbocycles. The summed E-state index contributed by atoms with van der Waals surface area (Å²) in [6.07, 6.45) is 0.543. The van der Waals surface area contributed by atoms with E-state index in [2.05, 4.69) is 16.0 Å². The average Bonchev–Trinajstić information content (AvgIpc) is 2.97. The molecule has 1 saturated heterocycles. The second kappa shape index (κ2) is 13.5. The number of hydrogen-bond donors (Lipinski definition) is 4. The molecule has 1 aliphatic rings. The number of carbonyl (C=O) groups is 3. The molecule has 1 aliphatic heterocycles. The van der Waals surface area contributed by atoms with E-state index in [1.165, 1.54) is 7.11 Å². The second-order valence-corrected chi connectivity index (χ2v) is 9.42. The maximum atomic E-state index is 13.9. The molecule has 0 saturated carbocycles. The highest BCUT2D eigenvalue weighted by molar-refractivity contribution is 5.98. The lowest BCUT2D eigenvalue weighted by atomic mass is 9.84. The van der Waals surface area contributed by atoms with Crippen molar-refractivity contribution in [1.29, 1.82) is 0 Å². The molecule has 9 nitrogen and oxygen atoms in total. The van der Waals surface area contributed by atoms with Crippen LogP contribution in [0.1, 0.15) is 29.0 Å². The largest absolute Gasteiger partial charge is 0.453 e. The fraction of sp³-hybridized carbons (Fsp3) is 0.300. The normalized spacial score (nSPS) is 17.7. The molecule has 39 heavy (non-hydrogen) atoms. The standard InChI is InChI=1S/C30H34N4O5/c1-38-30(37)34-27(26(21-11-4-2-5-12-21)22-13-6-3-7-14-22)29(36)33-24-15-9-8-10-20(24)16-17-23-18-32-25(19-39-23)28(31)35/h2-15,23,25-27,32H,16-19H2,1H3,(H2,31,35)(H,33,36)(H,34,37)/t23-,25-,27+/m1/s1. The smallest absolute Gasteiger partial charge is 0.407 e. The Balaban J connectivity index is 1.54. The highest BCUT2D eigenvalue weighted by atomic mass is 16.5. The highest BCUT2D eigenvalue weighted by Crippen LogP contribution is 2.30. The van der Waals surface area contributed by atoms with E-state index in [1.54, 1.807) is 0 Å². The number of nitrogens with two attached hydrogens (primary N) is 1. The number of hydrogen-bond acceptors (Lipinski definition) is 6. The number of alkyl carbamates (subject to hydrolysis) is 1. The lowest BCUT2D eigenvalue weighted by Crippen LogP contribution is -2.52. The summed E-state index contributed by atoms with van der Waals surface area (Å²) in [6, 6.07) is 25.3. The van der Waals surface area contributed by atoms with E-state index in [1.807, 2.05) is 84.9 Å². The van der Waals surface area contributed by atoms with Crippen molar-refractivity contribution in [2.24, 2.45) is 5.73 Å². The third-order valence-electron chi connectivity index (χ3n) is 6.84. The fourth-order valence-corrected chi connectivity index (χ4v) is 4.76. The summed E-state index contributed by atoms with van der Waals surface area (Å²) in [5.74, 6) is -1.26. The number of amides is 3. The number of benzene rings is 3. The predicted molar refractivity (Wildman–Crippen MR) is 148 cm³/mol. The van der Waals surface area contributed by atoms with Crippen molar-refractivity contribution in [1.82, 2.24) is 10.6 Å². The van der Waals surface area contributed by atoms with Gasteiger partial charge in [0.1, 0.15) is 12.1 Å². The van der Waals surface area contributed by atoms with E-state index in [-0.39, 0.29) is 18.6 Å². The quantitative estimate of drug-likeness (QED) is 0.319. The molecule has 0 aliphatic carbocycles. The van der Waals surface area contributed by atoms with Gasteiger partial charge in [0, 0.05) is 18.2 Å². The summed E-state index contributed by atoms with van der Waals surface area (Å²) in [5.41, 5.74) is 8.69. The molecule has 0 bridgehead atoms. The molecule has 3 atom stereocenters. The number of aryl methyl sites for hydroxylation is 1. The average molecular weight is 531 g/mol. The molecule has 0 unspecified atom stereocenters. The number of ether oxygens (including phenoxy) is 2. The van der Waals surface area contributed by atoms with Gasteiger partial charge in [-0.2, -0.15) is 0 Å². The van der Waals surface area contributed by atoms with Crippen LogP contribution in [-0.4, -0.2) is 56.4 Å². The van der Waals surface area contributed by atoms with Gasteiger partial charge in [0.15, 0.2) is 0 Å². The molecule has 3 amide bonds. The van der Waals surface area contributed by atoms with Gasteiger partial charge in [-0.3, -0.25) is 9.59 Å². The van der Waals surface area contributed by atoms with Gasteiger partial charge in [0.05, 0.1) is 19.8 Å². The second-order valence-electron chi connectivity index (χ2n) is 9.42. The van der Waals surface area contributed by atoms with Crippen LogP contribution in [0.3, 0.4) is 0 Å². The van der Waals surface area contributed by atoms with Crippen molar-refractivity contribution >= 4 is 23.6 Å². The van der Waals surface area contributed by atoms with Crippen LogP contribution in [0.15, 0.2) is 84.9 Å². The third kappa shape index (κ3) is 7.43. The Kier molecular flexibility index (Phi) is 9.66. The molecular weight excluding hydrogens is 496 g/mol. The van der Waals surface area contributed by atoms with Crippen molar-refractivity contribution < 1.29 is 23.9 Å². The Labute approximate surface area is 228 Å². The summed E-state index contributed by atoms with van der Waals surface area (Å²) >= 11 is 0. The number of carbonyl (C=O) groups excluding carboxylic acids is 3. The van der Waals surface area contributed by atoms with E-state index in [4.69, 9.17) is 15.2 Å². The third-order valence-corrected chi connectivity index (χ3v) is 6.84. The van der Waals surface area contributed by atoms with Gasteiger partial charge in [0.2, 0.25) is 11.8 Å². The molecule has 1 fully saturated rings. The van der Waals surface area contributed by atoms with Crippen molar-refractivity contribution in [2.45, 2.75) is 36.9 Å². The molecule has 5 N–H and O–H groups in total. The zero-order valence-corrected chi connectivity index (χ0v) is 21.8. The van der Waals surface area contributed by atoms with Gasteiger partial charge in [-0.1, -0.05) is 78.9 Å². The predicted octanol–water partition coefficient (Wildman–Crippen LogP) is 2.96. The number of nitrogens with one attached hydrogen (secondary N) is 3. The highest BCUT2D eigenvalue weighted by Gasteiger charge is 2.33. The molecule has 3 aromatic rings. The van der Waals surface area contributed by atoms with Gasteiger partial charge in [-0.15, -0.1) is 0 Å². The number of primary amides is 1. The Hall–Kier alpha value is -4.21. The van der Waals surface area contributed by atoms with Crippen LogP contribution in [0.2, 0.25) is 0 Å². The number of methoxy groups -OCH3 is 1. The first-order chi connectivity index (χ1) is 19.0. The molecule has 4 rings (SSSR count). The minimum atomic E-state index is -0.952. The first-order valence-corrected chi connectivity index (χ1v) is 12.9. The molecular formula is C30H34N4O5. The van der Waals surface area contributed by atoms with E-state index in [0.717, 1.165) is 16.7 Å². The van der Waals surface area contributed by atoms with Crippen molar-refractivity contribution in [3.05, 3.63) is 102 Å². The van der Waals surface area contributed by atoms with E-state index in [0.29, 0.717) is 25.1 Å². The number of anilines is 1. The molecule has 0 aromatic heterocycles. The van der Waals surface area contributed by atoms with Crippen LogP contribution >= 0.6 is 0 Å². The fourth-order valence-electron chi connectivity index (χ4n) is 4.76. The van der Waals surface area contributed by atoms with E-state index < -0.39 is 30.0 Å². The van der Waals surface area contributed by atoms with Crippen molar-refractivity contribution in [3.8, 4) is 0 Å². The van der Waals surface area contributed by atoms with Gasteiger partial charge in [0.25, 0.3) is 0 Å². The maximum absolute atomic E-state index is 13.9. The molecule has 9 heteroatoms. The Morgan fingerprint density at radius 3 is 2.15 bits per heavy atom. The summed E-state index contributed by atoms with van der Waals surface area (Å²) < 4.78 is 10.7. The van der Waals surface area contributed by atoms with Crippen LogP contribution < -0.4 is 21.7 Å². The van der Waals surface area contributed by atoms with E-state index >= 15 is 0 Å². The monoisotopic (exact) mass is 530 g/mol. The Morgan fingerprint density at radius 2 is 1.59 bits per heavy atom. The summed E-state index contributed by atoms with van der Waals surface area (Å²) in [7, 11) is 1.27. The topological polar surface area (TPSA) is 132 Å². The summed E-state index contributed by atoms with van der Waals surface area (Å²) in [5, 5.41) is 8.92. The first-order valence-electron chi connectivity index (χ1n) is 12.9. The van der Waals surface area contributed by atoms with Crippen LogP contribution in [0.4, 0.5) is 10.5 Å². The molecule has 0 radical (unpaired) electrons. The Morgan fingerprint density at radius 1 is 0.974 bits per heavy atom. The maximum Gasteiger partial charge on any atom is 0.407 e. The zero-order valence-electron chi connectivity index (χ0n) is 21.8.